The van der Waals surface area contributed by atoms with Crippen LogP contribution in [-0.4, -0.2) is 50.7 Å². The van der Waals surface area contributed by atoms with E-state index in [0.717, 1.165) is 13.0 Å². The summed E-state index contributed by atoms with van der Waals surface area (Å²) in [6, 6.07) is 0.574. The number of hydrogen-bond acceptors (Lipinski definition) is 6. The Labute approximate surface area is 160 Å². The summed E-state index contributed by atoms with van der Waals surface area (Å²) in [4.78, 5) is 28.5. The molecule has 1 aliphatic rings. The van der Waals surface area contributed by atoms with Crippen molar-refractivity contribution in [2.75, 3.05) is 6.54 Å². The maximum absolute atomic E-state index is 12.7. The van der Waals surface area contributed by atoms with E-state index in [2.05, 4.69) is 15.3 Å². The maximum Gasteiger partial charge on any atom is 0.433 e. The molecule has 1 aromatic heterocycles. The molecule has 28 heavy (non-hydrogen) atoms. The van der Waals surface area contributed by atoms with Gasteiger partial charge in [-0.2, -0.15) is 13.2 Å². The van der Waals surface area contributed by atoms with Gasteiger partial charge < -0.3 is 21.3 Å². The number of aromatic nitrogens is 2. The number of hydrogen-bond donors (Lipinski definition) is 4. The number of aliphatic carboxylic acids is 1. The van der Waals surface area contributed by atoms with Gasteiger partial charge in [-0.3, -0.25) is 9.59 Å². The van der Waals surface area contributed by atoms with Gasteiger partial charge in [-0.05, 0) is 32.3 Å². The number of carboxylic acid groups (broad SMARTS) is 1. The molecule has 5 N–H and O–H groups in total. The van der Waals surface area contributed by atoms with Gasteiger partial charge in [0.1, 0.15) is 11.5 Å². The summed E-state index contributed by atoms with van der Waals surface area (Å²) in [6.45, 7) is 2.68. The van der Waals surface area contributed by atoms with Crippen LogP contribution in [0.2, 0.25) is 0 Å². The predicted molar refractivity (Wildman–Crippen MR) is 93.1 cm³/mol. The van der Waals surface area contributed by atoms with Crippen LogP contribution in [0, 0.1) is 12.8 Å². The molecule has 0 aromatic carbocycles. The molecule has 1 heterocycles. The second-order valence-electron chi connectivity index (χ2n) is 6.61. The Morgan fingerprint density at radius 2 is 1.93 bits per heavy atom. The molecule has 1 fully saturated rings. The first kappa shape index (κ1) is 23.8. The maximum atomic E-state index is 12.7. The van der Waals surface area contributed by atoms with Gasteiger partial charge in [0.2, 0.25) is 5.91 Å². The summed E-state index contributed by atoms with van der Waals surface area (Å²) < 4.78 is 38.1. The summed E-state index contributed by atoms with van der Waals surface area (Å²) in [7, 11) is 0. The Morgan fingerprint density at radius 1 is 1.32 bits per heavy atom. The van der Waals surface area contributed by atoms with Crippen LogP contribution in [-0.2, 0) is 22.2 Å². The second-order valence-corrected chi connectivity index (χ2v) is 6.61. The molecule has 0 aliphatic heterocycles. The number of aliphatic hydroxyl groups excluding tert-OH is 1. The first-order valence-corrected chi connectivity index (χ1v) is 8.72. The van der Waals surface area contributed by atoms with E-state index in [1.807, 2.05) is 0 Å². The zero-order chi connectivity index (χ0) is 21.5. The van der Waals surface area contributed by atoms with E-state index in [-0.39, 0.29) is 42.4 Å². The van der Waals surface area contributed by atoms with Gasteiger partial charge in [0, 0.05) is 37.5 Å². The summed E-state index contributed by atoms with van der Waals surface area (Å²) in [5, 5.41) is 19.8. The standard InChI is InChI=1S/C15H21F3N4O2.C2H4O2/c1-8-6-12(15(16,17)18)22-13(21-8)4-5-20-14(24)9-2-3-10(19)11(23)7-9;1-2(3)4/h6,9-11,23H,2-5,7,19H2,1H3,(H,20,24);1H3,(H,3,4)/t9-,10+,11+;/m0./s1. The van der Waals surface area contributed by atoms with Crippen molar-refractivity contribution in [1.29, 1.82) is 0 Å². The molecule has 11 heteroatoms. The van der Waals surface area contributed by atoms with Gasteiger partial charge in [-0.25, -0.2) is 9.97 Å². The number of halogens is 3. The van der Waals surface area contributed by atoms with E-state index in [9.17, 15) is 23.1 Å². The molecule has 0 spiro atoms. The van der Waals surface area contributed by atoms with Crippen LogP contribution in [0.15, 0.2) is 6.07 Å². The van der Waals surface area contributed by atoms with Crippen molar-refractivity contribution in [3.05, 3.63) is 23.3 Å². The van der Waals surface area contributed by atoms with Gasteiger partial charge in [-0.15, -0.1) is 0 Å². The number of alkyl halides is 3. The average Bonchev–Trinajstić information content (AvgIpc) is 2.55. The number of aryl methyl sites for hydroxylation is 1. The van der Waals surface area contributed by atoms with E-state index < -0.39 is 23.9 Å². The Balaban J connectivity index is 0.000000892. The number of nitrogens with zero attached hydrogens (tertiary/aromatic N) is 2. The van der Waals surface area contributed by atoms with E-state index >= 15 is 0 Å². The lowest BCUT2D eigenvalue weighted by atomic mass is 9.84. The van der Waals surface area contributed by atoms with Crippen molar-refractivity contribution in [2.24, 2.45) is 11.7 Å². The van der Waals surface area contributed by atoms with Crippen molar-refractivity contribution >= 4 is 11.9 Å². The smallest absolute Gasteiger partial charge is 0.433 e. The molecule has 1 aliphatic carbocycles. The Kier molecular flexibility index (Phi) is 8.76. The monoisotopic (exact) mass is 406 g/mol. The van der Waals surface area contributed by atoms with Crippen LogP contribution in [0.5, 0.6) is 0 Å². The molecular formula is C17H25F3N4O4. The van der Waals surface area contributed by atoms with E-state index in [1.54, 1.807) is 0 Å². The third-order valence-corrected chi connectivity index (χ3v) is 4.08. The fourth-order valence-electron chi connectivity index (χ4n) is 2.74. The number of carboxylic acids is 1. The van der Waals surface area contributed by atoms with Crippen LogP contribution >= 0.6 is 0 Å². The largest absolute Gasteiger partial charge is 0.481 e. The number of nitrogens with one attached hydrogen (secondary N) is 1. The van der Waals surface area contributed by atoms with Gasteiger partial charge in [0.05, 0.1) is 6.10 Å². The van der Waals surface area contributed by atoms with Crippen LogP contribution < -0.4 is 11.1 Å². The molecule has 1 amide bonds. The highest BCUT2D eigenvalue weighted by molar-refractivity contribution is 5.78. The molecule has 0 bridgehead atoms. The second kappa shape index (κ2) is 10.3. The third-order valence-electron chi connectivity index (χ3n) is 4.08. The van der Waals surface area contributed by atoms with Crippen LogP contribution in [0.1, 0.15) is 43.4 Å². The minimum absolute atomic E-state index is 0.0355. The zero-order valence-electron chi connectivity index (χ0n) is 15.7. The lowest BCUT2D eigenvalue weighted by Gasteiger charge is -2.29. The molecule has 3 atom stereocenters. The number of carbonyl (C=O) groups is 2. The Morgan fingerprint density at radius 3 is 2.46 bits per heavy atom. The number of aliphatic hydroxyl groups is 1. The zero-order valence-corrected chi connectivity index (χ0v) is 15.7. The number of amides is 1. The highest BCUT2D eigenvalue weighted by Gasteiger charge is 2.33. The molecule has 0 saturated heterocycles. The predicted octanol–water partition coefficient (Wildman–Crippen LogP) is 1.04. The molecule has 1 saturated carbocycles. The van der Waals surface area contributed by atoms with Crippen molar-refractivity contribution in [3.8, 4) is 0 Å². The van der Waals surface area contributed by atoms with E-state index in [1.165, 1.54) is 6.92 Å². The molecule has 8 nitrogen and oxygen atoms in total. The highest BCUT2D eigenvalue weighted by Crippen LogP contribution is 2.28. The van der Waals surface area contributed by atoms with Gasteiger partial charge in [-0.1, -0.05) is 0 Å². The first-order chi connectivity index (χ1) is 12.9. The molecule has 2 rings (SSSR count). The van der Waals surface area contributed by atoms with Crippen LogP contribution in [0.4, 0.5) is 13.2 Å². The fourth-order valence-corrected chi connectivity index (χ4v) is 2.74. The minimum Gasteiger partial charge on any atom is -0.481 e. The summed E-state index contributed by atoms with van der Waals surface area (Å²) in [5.74, 6) is -1.36. The van der Waals surface area contributed by atoms with E-state index in [4.69, 9.17) is 15.6 Å². The van der Waals surface area contributed by atoms with Crippen molar-refractivity contribution in [2.45, 2.75) is 57.9 Å². The van der Waals surface area contributed by atoms with Gasteiger partial charge >= 0.3 is 6.18 Å². The van der Waals surface area contributed by atoms with Crippen molar-refractivity contribution < 1.29 is 33.0 Å². The SMILES string of the molecule is CC(=O)O.Cc1cc(C(F)(F)F)nc(CCNC(=O)[C@H]2CC[C@@H](N)[C@H](O)C2)n1. The normalized spacial score (nSPS) is 22.0. The van der Waals surface area contributed by atoms with Crippen LogP contribution in [0.3, 0.4) is 0 Å². The molecule has 0 radical (unpaired) electrons. The van der Waals surface area contributed by atoms with Gasteiger partial charge in [0.15, 0.2) is 0 Å². The Hall–Kier alpha value is -2.27. The lowest BCUT2D eigenvalue weighted by molar-refractivity contribution is -0.141. The fraction of sp³-hybridized carbons (Fsp3) is 0.647. The highest BCUT2D eigenvalue weighted by atomic mass is 19.4. The van der Waals surface area contributed by atoms with E-state index in [0.29, 0.717) is 19.3 Å². The van der Waals surface area contributed by atoms with Crippen molar-refractivity contribution in [1.82, 2.24) is 15.3 Å². The van der Waals surface area contributed by atoms with Crippen LogP contribution in [0.25, 0.3) is 0 Å². The summed E-state index contributed by atoms with van der Waals surface area (Å²) in [5.41, 5.74) is 4.93. The molecule has 1 aromatic rings. The first-order valence-electron chi connectivity index (χ1n) is 8.72. The minimum atomic E-state index is -4.53. The number of nitrogens with two attached hydrogens (primary N) is 1. The quantitative estimate of drug-likeness (QED) is 0.586. The number of carbonyl (C=O) groups excluding carboxylic acids is 1. The average molecular weight is 406 g/mol. The number of rotatable bonds is 4. The Bertz CT molecular complexity index is 681. The topological polar surface area (TPSA) is 138 Å². The third kappa shape index (κ3) is 8.17. The molecule has 158 valence electrons. The summed E-state index contributed by atoms with van der Waals surface area (Å²) in [6.07, 6.45) is -3.68. The molecule has 0 unspecified atom stereocenters. The van der Waals surface area contributed by atoms with Gasteiger partial charge in [0.25, 0.3) is 5.97 Å². The van der Waals surface area contributed by atoms with Crippen molar-refractivity contribution in [3.63, 3.8) is 0 Å². The molecular weight excluding hydrogens is 381 g/mol. The summed E-state index contributed by atoms with van der Waals surface area (Å²) >= 11 is 0. The lowest BCUT2D eigenvalue weighted by Crippen LogP contribution is -2.44.